The number of hydrogen-bond acceptors (Lipinski definition) is 3. The maximum Gasteiger partial charge on any atom is 0.128 e. The van der Waals surface area contributed by atoms with Gasteiger partial charge in [-0.3, -0.25) is 9.80 Å². The first-order chi connectivity index (χ1) is 10.0. The molecule has 0 amide bonds. The fourth-order valence-electron chi connectivity index (χ4n) is 3.60. The summed E-state index contributed by atoms with van der Waals surface area (Å²) in [6.07, 6.45) is 2.48. The van der Waals surface area contributed by atoms with Gasteiger partial charge in [-0.05, 0) is 46.0 Å². The molecule has 118 valence electrons. The summed E-state index contributed by atoms with van der Waals surface area (Å²) < 4.78 is 14.1. The molecule has 1 aliphatic heterocycles. The molecule has 0 radical (unpaired) electrons. The first-order valence-corrected chi connectivity index (χ1v) is 7.98. The van der Waals surface area contributed by atoms with E-state index in [4.69, 9.17) is 5.73 Å². The van der Waals surface area contributed by atoms with Crippen LogP contribution in [0, 0.1) is 5.82 Å². The lowest BCUT2D eigenvalue weighted by molar-refractivity contribution is 0.149. The summed E-state index contributed by atoms with van der Waals surface area (Å²) in [6, 6.07) is 7.36. The van der Waals surface area contributed by atoms with E-state index < -0.39 is 0 Å². The highest BCUT2D eigenvalue weighted by atomic mass is 19.1. The summed E-state index contributed by atoms with van der Waals surface area (Å²) in [5, 5.41) is 0. The van der Waals surface area contributed by atoms with Crippen molar-refractivity contribution in [3.63, 3.8) is 0 Å². The van der Waals surface area contributed by atoms with E-state index in [-0.39, 0.29) is 17.9 Å². The normalized spacial score (nSPS) is 22.7. The van der Waals surface area contributed by atoms with E-state index in [2.05, 4.69) is 23.8 Å². The van der Waals surface area contributed by atoms with Crippen LogP contribution in [0.1, 0.15) is 38.3 Å². The first kappa shape index (κ1) is 16.4. The van der Waals surface area contributed by atoms with E-state index in [0.717, 1.165) is 13.1 Å². The minimum absolute atomic E-state index is 0.0782. The molecule has 2 rings (SSSR count). The lowest BCUT2D eigenvalue weighted by Gasteiger charge is -2.35. The van der Waals surface area contributed by atoms with Crippen LogP contribution in [0.3, 0.4) is 0 Å². The Hall–Kier alpha value is -0.970. The maximum absolute atomic E-state index is 14.1. The highest BCUT2D eigenvalue weighted by molar-refractivity contribution is 5.22. The van der Waals surface area contributed by atoms with Gasteiger partial charge in [0.25, 0.3) is 0 Å². The third kappa shape index (κ3) is 3.82. The Balaban J connectivity index is 2.13. The Morgan fingerprint density at radius 1 is 1.43 bits per heavy atom. The van der Waals surface area contributed by atoms with Crippen molar-refractivity contribution in [1.82, 2.24) is 9.80 Å². The van der Waals surface area contributed by atoms with Crippen LogP contribution in [0.25, 0.3) is 0 Å². The summed E-state index contributed by atoms with van der Waals surface area (Å²) in [5.41, 5.74) is 6.86. The molecule has 21 heavy (non-hydrogen) atoms. The molecule has 0 spiro atoms. The molecule has 0 saturated carbocycles. The van der Waals surface area contributed by atoms with Crippen molar-refractivity contribution in [1.29, 1.82) is 0 Å². The molecule has 1 aromatic carbocycles. The monoisotopic (exact) mass is 293 g/mol. The van der Waals surface area contributed by atoms with Gasteiger partial charge in [0.1, 0.15) is 5.82 Å². The molecule has 0 aliphatic carbocycles. The molecule has 1 aromatic rings. The van der Waals surface area contributed by atoms with E-state index in [1.165, 1.54) is 25.5 Å². The van der Waals surface area contributed by atoms with Crippen molar-refractivity contribution in [2.45, 2.75) is 44.8 Å². The molecule has 3 nitrogen and oxygen atoms in total. The number of hydrogen-bond donors (Lipinski definition) is 1. The maximum atomic E-state index is 14.1. The Bertz CT molecular complexity index is 449. The van der Waals surface area contributed by atoms with Crippen LogP contribution in [0.15, 0.2) is 24.3 Å². The van der Waals surface area contributed by atoms with E-state index in [0.29, 0.717) is 11.6 Å². The summed E-state index contributed by atoms with van der Waals surface area (Å²) in [6.45, 7) is 7.37. The summed E-state index contributed by atoms with van der Waals surface area (Å²) in [4.78, 5) is 4.73. The Morgan fingerprint density at radius 3 is 2.76 bits per heavy atom. The van der Waals surface area contributed by atoms with Crippen molar-refractivity contribution in [3.8, 4) is 0 Å². The largest absolute Gasteiger partial charge is 0.326 e. The minimum Gasteiger partial charge on any atom is -0.326 e. The highest BCUT2D eigenvalue weighted by Crippen LogP contribution is 2.27. The van der Waals surface area contributed by atoms with Crippen molar-refractivity contribution >= 4 is 0 Å². The smallest absolute Gasteiger partial charge is 0.128 e. The van der Waals surface area contributed by atoms with Crippen LogP contribution in [-0.2, 0) is 0 Å². The van der Waals surface area contributed by atoms with Gasteiger partial charge in [-0.15, -0.1) is 0 Å². The minimum atomic E-state index is -0.162. The Labute approximate surface area is 127 Å². The molecule has 2 N–H and O–H groups in total. The van der Waals surface area contributed by atoms with Gasteiger partial charge in [0, 0.05) is 24.2 Å². The molecular formula is C17H28FN3. The SMILES string of the molecule is CCN1CCCC1CN(C)C(c1ccccc1F)C(C)N. The van der Waals surface area contributed by atoms with E-state index in [1.54, 1.807) is 6.07 Å². The average Bonchev–Trinajstić information content (AvgIpc) is 2.88. The lowest BCUT2D eigenvalue weighted by atomic mass is 9.98. The van der Waals surface area contributed by atoms with E-state index in [1.807, 2.05) is 19.1 Å². The molecular weight excluding hydrogens is 265 g/mol. The molecule has 3 atom stereocenters. The van der Waals surface area contributed by atoms with Gasteiger partial charge < -0.3 is 5.73 Å². The van der Waals surface area contributed by atoms with Crippen molar-refractivity contribution in [2.75, 3.05) is 26.7 Å². The van der Waals surface area contributed by atoms with Crippen molar-refractivity contribution in [3.05, 3.63) is 35.6 Å². The summed E-state index contributed by atoms with van der Waals surface area (Å²) >= 11 is 0. The number of nitrogens with two attached hydrogens (primary N) is 1. The summed E-state index contributed by atoms with van der Waals surface area (Å²) in [7, 11) is 2.06. The predicted octanol–water partition coefficient (Wildman–Crippen LogP) is 2.63. The number of likely N-dealkylation sites (N-methyl/N-ethyl adjacent to an activating group) is 2. The molecule has 1 saturated heterocycles. The first-order valence-electron chi connectivity index (χ1n) is 7.98. The zero-order valence-electron chi connectivity index (χ0n) is 13.4. The lowest BCUT2D eigenvalue weighted by Crippen LogP contribution is -2.44. The van der Waals surface area contributed by atoms with Gasteiger partial charge in [0.15, 0.2) is 0 Å². The number of benzene rings is 1. The zero-order valence-corrected chi connectivity index (χ0v) is 13.4. The van der Waals surface area contributed by atoms with Crippen LogP contribution in [-0.4, -0.2) is 48.6 Å². The fourth-order valence-corrected chi connectivity index (χ4v) is 3.60. The number of halogens is 1. The van der Waals surface area contributed by atoms with Gasteiger partial charge in [-0.25, -0.2) is 4.39 Å². The standard InChI is InChI=1S/C17H28FN3/c1-4-21-11-7-8-14(21)12-20(3)17(13(2)19)15-9-5-6-10-16(15)18/h5-6,9-10,13-14,17H,4,7-8,11-12,19H2,1-3H3. The van der Waals surface area contributed by atoms with Gasteiger partial charge in [0.2, 0.25) is 0 Å². The molecule has 4 heteroatoms. The highest BCUT2D eigenvalue weighted by Gasteiger charge is 2.29. The molecule has 0 bridgehead atoms. The van der Waals surface area contributed by atoms with Gasteiger partial charge in [0.05, 0.1) is 6.04 Å². The quantitative estimate of drug-likeness (QED) is 0.875. The van der Waals surface area contributed by atoms with Gasteiger partial charge in [-0.2, -0.15) is 0 Å². The van der Waals surface area contributed by atoms with Gasteiger partial charge >= 0.3 is 0 Å². The predicted molar refractivity (Wildman–Crippen MR) is 85.7 cm³/mol. The zero-order chi connectivity index (χ0) is 15.4. The van der Waals surface area contributed by atoms with Gasteiger partial charge in [-0.1, -0.05) is 25.1 Å². The second-order valence-corrected chi connectivity index (χ2v) is 6.19. The number of rotatable bonds is 6. The number of likely N-dealkylation sites (tertiary alicyclic amines) is 1. The van der Waals surface area contributed by atoms with Crippen LogP contribution in [0.5, 0.6) is 0 Å². The van der Waals surface area contributed by atoms with Crippen LogP contribution >= 0.6 is 0 Å². The van der Waals surface area contributed by atoms with E-state index in [9.17, 15) is 4.39 Å². The molecule has 3 unspecified atom stereocenters. The molecule has 1 fully saturated rings. The third-order valence-corrected chi connectivity index (χ3v) is 4.60. The second kappa shape index (κ2) is 7.34. The third-order valence-electron chi connectivity index (χ3n) is 4.60. The molecule has 1 heterocycles. The van der Waals surface area contributed by atoms with Crippen LogP contribution in [0.2, 0.25) is 0 Å². The second-order valence-electron chi connectivity index (χ2n) is 6.19. The van der Waals surface area contributed by atoms with Crippen LogP contribution in [0.4, 0.5) is 4.39 Å². The van der Waals surface area contributed by atoms with E-state index >= 15 is 0 Å². The topological polar surface area (TPSA) is 32.5 Å². The van der Waals surface area contributed by atoms with Crippen LogP contribution < -0.4 is 5.73 Å². The Kier molecular flexibility index (Phi) is 5.73. The number of nitrogens with zero attached hydrogens (tertiary/aromatic N) is 2. The fraction of sp³-hybridized carbons (Fsp3) is 0.647. The van der Waals surface area contributed by atoms with Crippen molar-refractivity contribution < 1.29 is 4.39 Å². The molecule has 0 aromatic heterocycles. The van der Waals surface area contributed by atoms with Crippen molar-refractivity contribution in [2.24, 2.45) is 5.73 Å². The average molecular weight is 293 g/mol. The summed E-state index contributed by atoms with van der Waals surface area (Å²) in [5.74, 6) is -0.162. The Morgan fingerprint density at radius 2 is 2.14 bits per heavy atom. The molecule has 1 aliphatic rings.